The van der Waals surface area contributed by atoms with Crippen molar-refractivity contribution in [3.8, 4) is 5.75 Å². The molecule has 0 unspecified atom stereocenters. The van der Waals surface area contributed by atoms with E-state index >= 15 is 0 Å². The molecule has 15 heavy (non-hydrogen) atoms. The van der Waals surface area contributed by atoms with E-state index in [1.54, 1.807) is 12.1 Å². The summed E-state index contributed by atoms with van der Waals surface area (Å²) in [5, 5.41) is 0. The van der Waals surface area contributed by atoms with Gasteiger partial charge >= 0.3 is 6.61 Å². The van der Waals surface area contributed by atoms with Crippen molar-refractivity contribution in [3.05, 3.63) is 35.9 Å². The molecule has 0 fully saturated rings. The molecule has 1 aromatic rings. The van der Waals surface area contributed by atoms with Crippen LogP contribution in [-0.4, -0.2) is 12.5 Å². The number of halogens is 2. The van der Waals surface area contributed by atoms with Crippen LogP contribution in [0.2, 0.25) is 0 Å². The number of hydrogen-bond acceptors (Lipinski definition) is 2. The summed E-state index contributed by atoms with van der Waals surface area (Å²) in [6, 6.07) is 6.11. The van der Waals surface area contributed by atoms with Crippen molar-refractivity contribution in [3.63, 3.8) is 0 Å². The molecule has 80 valence electrons. The Morgan fingerprint density at radius 3 is 2.67 bits per heavy atom. The lowest BCUT2D eigenvalue weighted by atomic mass is 10.2. The molecule has 0 heterocycles. The summed E-state index contributed by atoms with van der Waals surface area (Å²) in [4.78, 5) is 10.5. The van der Waals surface area contributed by atoms with Crippen LogP contribution in [0.4, 0.5) is 8.78 Å². The van der Waals surface area contributed by atoms with Crippen LogP contribution in [0, 0.1) is 0 Å². The van der Waals surface area contributed by atoms with Gasteiger partial charge in [-0.2, -0.15) is 8.78 Å². The van der Waals surface area contributed by atoms with Crippen molar-refractivity contribution in [1.29, 1.82) is 0 Å². The maximum Gasteiger partial charge on any atom is 0.387 e. The Labute approximate surface area is 85.1 Å². The SMILES string of the molecule is NC(=O)C=Cc1ccccc1OC(F)F. The Hall–Kier alpha value is -1.91. The fourth-order valence-corrected chi connectivity index (χ4v) is 0.993. The van der Waals surface area contributed by atoms with Crippen molar-refractivity contribution in [1.82, 2.24) is 0 Å². The summed E-state index contributed by atoms with van der Waals surface area (Å²) in [5.74, 6) is -0.646. The number of alkyl halides is 2. The molecule has 1 amide bonds. The molecule has 2 N–H and O–H groups in total. The first-order valence-electron chi connectivity index (χ1n) is 4.11. The van der Waals surface area contributed by atoms with E-state index in [0.29, 0.717) is 5.56 Å². The molecule has 0 saturated heterocycles. The normalized spacial score (nSPS) is 10.9. The second kappa shape index (κ2) is 5.09. The monoisotopic (exact) mass is 213 g/mol. The van der Waals surface area contributed by atoms with Crippen LogP contribution in [0.5, 0.6) is 5.75 Å². The summed E-state index contributed by atoms with van der Waals surface area (Å²) in [6.07, 6.45) is 2.40. The molecule has 1 rings (SSSR count). The maximum atomic E-state index is 12.0. The maximum absolute atomic E-state index is 12.0. The van der Waals surface area contributed by atoms with Crippen molar-refractivity contribution >= 4 is 12.0 Å². The van der Waals surface area contributed by atoms with Crippen LogP contribution >= 0.6 is 0 Å². The van der Waals surface area contributed by atoms with Crippen LogP contribution < -0.4 is 10.5 Å². The molecule has 1 aromatic carbocycles. The Balaban J connectivity index is 2.91. The third-order valence-electron chi connectivity index (χ3n) is 1.56. The number of benzene rings is 1. The lowest BCUT2D eigenvalue weighted by molar-refractivity contribution is -0.113. The average molecular weight is 213 g/mol. The molecular formula is C10H9F2NO2. The number of hydrogen-bond donors (Lipinski definition) is 1. The van der Waals surface area contributed by atoms with Gasteiger partial charge in [0, 0.05) is 11.6 Å². The zero-order chi connectivity index (χ0) is 11.3. The molecule has 0 aliphatic carbocycles. The summed E-state index contributed by atoms with van der Waals surface area (Å²) in [6.45, 7) is -2.90. The summed E-state index contributed by atoms with van der Waals surface area (Å²) in [5.41, 5.74) is 5.25. The van der Waals surface area contributed by atoms with Crippen LogP contribution in [0.25, 0.3) is 6.08 Å². The number of para-hydroxylation sites is 1. The second-order valence-electron chi connectivity index (χ2n) is 2.65. The zero-order valence-corrected chi connectivity index (χ0v) is 7.69. The fraction of sp³-hybridized carbons (Fsp3) is 0.100. The Morgan fingerprint density at radius 1 is 1.40 bits per heavy atom. The molecule has 0 atom stereocenters. The minimum absolute atomic E-state index is 0.00463. The van der Waals surface area contributed by atoms with Crippen molar-refractivity contribution in [2.75, 3.05) is 0 Å². The van der Waals surface area contributed by atoms with Gasteiger partial charge in [0.2, 0.25) is 5.91 Å². The van der Waals surface area contributed by atoms with Gasteiger partial charge in [-0.05, 0) is 12.1 Å². The lowest BCUT2D eigenvalue weighted by Crippen LogP contribution is -2.06. The first-order valence-corrected chi connectivity index (χ1v) is 4.11. The van der Waals surface area contributed by atoms with E-state index in [2.05, 4.69) is 4.74 Å². The van der Waals surface area contributed by atoms with Gasteiger partial charge in [0.1, 0.15) is 5.75 Å². The third kappa shape index (κ3) is 3.76. The summed E-state index contributed by atoms with van der Waals surface area (Å²) in [7, 11) is 0. The van der Waals surface area contributed by atoms with Crippen LogP contribution in [0.15, 0.2) is 30.3 Å². The van der Waals surface area contributed by atoms with Gasteiger partial charge in [0.25, 0.3) is 0 Å². The first kappa shape index (κ1) is 11.2. The minimum Gasteiger partial charge on any atom is -0.434 e. The fourth-order valence-electron chi connectivity index (χ4n) is 0.993. The van der Waals surface area contributed by atoms with E-state index in [0.717, 1.165) is 6.08 Å². The third-order valence-corrected chi connectivity index (χ3v) is 1.56. The molecule has 0 radical (unpaired) electrons. The Bertz CT molecular complexity index is 377. The number of nitrogens with two attached hydrogens (primary N) is 1. The van der Waals surface area contributed by atoms with Gasteiger partial charge in [-0.15, -0.1) is 0 Å². The Morgan fingerprint density at radius 2 is 2.07 bits per heavy atom. The van der Waals surface area contributed by atoms with Gasteiger partial charge < -0.3 is 10.5 Å². The number of primary amides is 1. The van der Waals surface area contributed by atoms with Crippen molar-refractivity contribution < 1.29 is 18.3 Å². The predicted octanol–water partition coefficient (Wildman–Crippen LogP) is 1.79. The Kier molecular flexibility index (Phi) is 3.79. The van der Waals surface area contributed by atoms with E-state index in [9.17, 15) is 13.6 Å². The molecule has 0 aromatic heterocycles. The lowest BCUT2D eigenvalue weighted by Gasteiger charge is -2.06. The average Bonchev–Trinajstić information content (AvgIpc) is 2.15. The highest BCUT2D eigenvalue weighted by Gasteiger charge is 2.06. The van der Waals surface area contributed by atoms with E-state index < -0.39 is 12.5 Å². The van der Waals surface area contributed by atoms with Crippen LogP contribution in [0.3, 0.4) is 0 Å². The van der Waals surface area contributed by atoms with Crippen molar-refractivity contribution in [2.45, 2.75) is 6.61 Å². The highest BCUT2D eigenvalue weighted by Crippen LogP contribution is 2.21. The van der Waals surface area contributed by atoms with E-state index in [4.69, 9.17) is 5.73 Å². The molecule has 0 aliphatic rings. The number of amides is 1. The van der Waals surface area contributed by atoms with Gasteiger partial charge in [-0.3, -0.25) is 4.79 Å². The molecule has 3 nitrogen and oxygen atoms in total. The second-order valence-corrected chi connectivity index (χ2v) is 2.65. The first-order chi connectivity index (χ1) is 7.09. The quantitative estimate of drug-likeness (QED) is 0.775. The highest BCUT2D eigenvalue weighted by atomic mass is 19.3. The molecule has 0 saturated carbocycles. The van der Waals surface area contributed by atoms with Crippen LogP contribution in [0.1, 0.15) is 5.56 Å². The summed E-state index contributed by atoms with van der Waals surface area (Å²) < 4.78 is 28.2. The largest absolute Gasteiger partial charge is 0.434 e. The van der Waals surface area contributed by atoms with Crippen molar-refractivity contribution in [2.24, 2.45) is 5.73 Å². The van der Waals surface area contributed by atoms with E-state index in [1.807, 2.05) is 0 Å². The van der Waals surface area contributed by atoms with Crippen LogP contribution in [-0.2, 0) is 4.79 Å². The summed E-state index contributed by atoms with van der Waals surface area (Å²) >= 11 is 0. The van der Waals surface area contributed by atoms with E-state index in [-0.39, 0.29) is 5.75 Å². The smallest absolute Gasteiger partial charge is 0.387 e. The van der Waals surface area contributed by atoms with E-state index in [1.165, 1.54) is 18.2 Å². The molecule has 5 heteroatoms. The number of ether oxygens (including phenoxy) is 1. The van der Waals surface area contributed by atoms with Gasteiger partial charge in [-0.1, -0.05) is 18.2 Å². The number of carbonyl (C=O) groups excluding carboxylic acids is 1. The molecular weight excluding hydrogens is 204 g/mol. The topological polar surface area (TPSA) is 52.3 Å². The standard InChI is InChI=1S/C10H9F2NO2/c11-10(12)15-8-4-2-1-3-7(8)5-6-9(13)14/h1-6,10H,(H2,13,14). The highest BCUT2D eigenvalue weighted by molar-refractivity contribution is 5.90. The van der Waals surface area contributed by atoms with Gasteiger partial charge in [0.05, 0.1) is 0 Å². The molecule has 0 spiro atoms. The number of carbonyl (C=O) groups is 1. The molecule has 0 bridgehead atoms. The molecule has 0 aliphatic heterocycles. The zero-order valence-electron chi connectivity index (χ0n) is 7.69. The number of rotatable bonds is 4. The minimum atomic E-state index is -2.90. The van der Waals surface area contributed by atoms with Gasteiger partial charge in [0.15, 0.2) is 0 Å². The predicted molar refractivity (Wildman–Crippen MR) is 51.3 cm³/mol. The van der Waals surface area contributed by atoms with Gasteiger partial charge in [-0.25, -0.2) is 0 Å².